The Hall–Kier alpha value is -0.340. The number of hydrogen-bond acceptors (Lipinski definition) is 1. The summed E-state index contributed by atoms with van der Waals surface area (Å²) in [5.74, 6) is 0.781. The molecule has 0 saturated heterocycles. The second-order valence-electron chi connectivity index (χ2n) is 5.63. The molecule has 2 rings (SSSR count). The molecular weight excluding hydrogens is 286 g/mol. The van der Waals surface area contributed by atoms with Crippen LogP contribution in [0.4, 0.5) is 0 Å². The Morgan fingerprint density at radius 1 is 1.33 bits per heavy atom. The molecule has 1 aromatic rings. The summed E-state index contributed by atoms with van der Waals surface area (Å²) >= 11 is 3.53. The third-order valence-electron chi connectivity index (χ3n) is 4.49. The average molecular weight is 310 g/mol. The van der Waals surface area contributed by atoms with Crippen molar-refractivity contribution in [1.29, 1.82) is 0 Å². The molecule has 1 aromatic carbocycles. The van der Waals surface area contributed by atoms with Crippen molar-refractivity contribution in [2.45, 2.75) is 44.9 Å². The number of halogens is 1. The third-order valence-corrected chi connectivity index (χ3v) is 5.02. The van der Waals surface area contributed by atoms with Crippen molar-refractivity contribution >= 4 is 15.9 Å². The maximum absolute atomic E-state index is 3.65. The first-order valence-corrected chi connectivity index (χ1v) is 7.95. The van der Waals surface area contributed by atoms with E-state index in [1.165, 1.54) is 35.7 Å². The maximum atomic E-state index is 3.65. The standard InChI is InChI=1S/C16H24BrN/c1-3-11-18-12-16(10-4-5-13(16)2)14-6-8-15(17)9-7-14/h6-9,13,18H,3-5,10-12H2,1-2H3. The summed E-state index contributed by atoms with van der Waals surface area (Å²) in [7, 11) is 0. The van der Waals surface area contributed by atoms with Crippen molar-refractivity contribution in [3.63, 3.8) is 0 Å². The summed E-state index contributed by atoms with van der Waals surface area (Å²) < 4.78 is 1.17. The minimum atomic E-state index is 0.357. The molecule has 0 bridgehead atoms. The van der Waals surface area contributed by atoms with Crippen molar-refractivity contribution in [3.05, 3.63) is 34.3 Å². The number of hydrogen-bond donors (Lipinski definition) is 1. The molecule has 1 N–H and O–H groups in total. The molecule has 2 unspecified atom stereocenters. The molecule has 100 valence electrons. The summed E-state index contributed by atoms with van der Waals surface area (Å²) in [6, 6.07) is 8.98. The highest BCUT2D eigenvalue weighted by atomic mass is 79.9. The molecule has 1 aliphatic carbocycles. The van der Waals surface area contributed by atoms with Crippen LogP contribution in [0.2, 0.25) is 0 Å². The highest BCUT2D eigenvalue weighted by Gasteiger charge is 2.41. The maximum Gasteiger partial charge on any atom is 0.0175 e. The molecule has 2 heteroatoms. The van der Waals surface area contributed by atoms with Gasteiger partial charge in [-0.1, -0.05) is 48.3 Å². The van der Waals surface area contributed by atoms with Gasteiger partial charge in [0.2, 0.25) is 0 Å². The molecule has 18 heavy (non-hydrogen) atoms. The lowest BCUT2D eigenvalue weighted by Gasteiger charge is -2.35. The average Bonchev–Trinajstić information content (AvgIpc) is 2.73. The van der Waals surface area contributed by atoms with Gasteiger partial charge in [0.1, 0.15) is 0 Å². The topological polar surface area (TPSA) is 12.0 Å². The van der Waals surface area contributed by atoms with E-state index in [9.17, 15) is 0 Å². The van der Waals surface area contributed by atoms with Crippen LogP contribution in [-0.4, -0.2) is 13.1 Å². The van der Waals surface area contributed by atoms with Crippen LogP contribution in [0, 0.1) is 5.92 Å². The van der Waals surface area contributed by atoms with Gasteiger partial charge in [0.25, 0.3) is 0 Å². The Balaban J connectivity index is 2.21. The van der Waals surface area contributed by atoms with Gasteiger partial charge >= 0.3 is 0 Å². The van der Waals surface area contributed by atoms with Gasteiger partial charge in [0, 0.05) is 16.4 Å². The van der Waals surface area contributed by atoms with Crippen LogP contribution in [-0.2, 0) is 5.41 Å². The van der Waals surface area contributed by atoms with E-state index >= 15 is 0 Å². The summed E-state index contributed by atoms with van der Waals surface area (Å²) in [5, 5.41) is 3.65. The predicted octanol–water partition coefficient (Wildman–Crippen LogP) is 4.51. The van der Waals surface area contributed by atoms with Crippen LogP contribution in [0.5, 0.6) is 0 Å². The molecule has 0 amide bonds. The van der Waals surface area contributed by atoms with E-state index in [0.29, 0.717) is 5.41 Å². The van der Waals surface area contributed by atoms with Gasteiger partial charge in [-0.2, -0.15) is 0 Å². The fourth-order valence-corrected chi connectivity index (χ4v) is 3.57. The van der Waals surface area contributed by atoms with Crippen LogP contribution in [0.3, 0.4) is 0 Å². The largest absolute Gasteiger partial charge is 0.316 e. The Kier molecular flexibility index (Phi) is 4.85. The number of rotatable bonds is 5. The van der Waals surface area contributed by atoms with Gasteiger partial charge in [-0.3, -0.25) is 0 Å². The normalized spacial score (nSPS) is 27.6. The molecule has 0 spiro atoms. The highest BCUT2D eigenvalue weighted by Crippen LogP contribution is 2.45. The van der Waals surface area contributed by atoms with Crippen molar-refractivity contribution in [3.8, 4) is 0 Å². The van der Waals surface area contributed by atoms with E-state index in [1.807, 2.05) is 0 Å². The van der Waals surface area contributed by atoms with Crippen molar-refractivity contribution in [2.24, 2.45) is 5.92 Å². The Labute approximate surface area is 119 Å². The SMILES string of the molecule is CCCNCC1(c2ccc(Br)cc2)CCCC1C. The van der Waals surface area contributed by atoms with Crippen LogP contribution in [0.25, 0.3) is 0 Å². The molecule has 1 nitrogen and oxygen atoms in total. The molecule has 0 aromatic heterocycles. The first-order chi connectivity index (χ1) is 8.69. The van der Waals surface area contributed by atoms with Crippen LogP contribution in [0.1, 0.15) is 45.1 Å². The fraction of sp³-hybridized carbons (Fsp3) is 0.625. The molecule has 0 radical (unpaired) electrons. The molecule has 1 aliphatic rings. The van der Waals surface area contributed by atoms with E-state index in [0.717, 1.165) is 19.0 Å². The lowest BCUT2D eigenvalue weighted by Crippen LogP contribution is -2.40. The molecular formula is C16H24BrN. The number of benzene rings is 1. The minimum Gasteiger partial charge on any atom is -0.316 e. The lowest BCUT2D eigenvalue weighted by atomic mass is 9.73. The first kappa shape index (κ1) is 14.1. The lowest BCUT2D eigenvalue weighted by molar-refractivity contribution is 0.318. The van der Waals surface area contributed by atoms with Crippen molar-refractivity contribution in [2.75, 3.05) is 13.1 Å². The monoisotopic (exact) mass is 309 g/mol. The second kappa shape index (κ2) is 6.21. The van der Waals surface area contributed by atoms with Gasteiger partial charge in [-0.25, -0.2) is 0 Å². The quantitative estimate of drug-likeness (QED) is 0.789. The third kappa shape index (κ3) is 2.80. The van der Waals surface area contributed by atoms with Gasteiger partial charge in [0.05, 0.1) is 0 Å². The summed E-state index contributed by atoms with van der Waals surface area (Å²) in [6.45, 7) is 6.91. The zero-order chi connectivity index (χ0) is 13.0. The van der Waals surface area contributed by atoms with Crippen LogP contribution >= 0.6 is 15.9 Å². The smallest absolute Gasteiger partial charge is 0.0175 e. The van der Waals surface area contributed by atoms with Gasteiger partial charge in [-0.05, 0) is 49.4 Å². The predicted molar refractivity (Wildman–Crippen MR) is 82.0 cm³/mol. The molecule has 1 fully saturated rings. The summed E-state index contributed by atoms with van der Waals surface area (Å²) in [5.41, 5.74) is 1.87. The molecule has 0 heterocycles. The second-order valence-corrected chi connectivity index (χ2v) is 6.55. The first-order valence-electron chi connectivity index (χ1n) is 7.16. The van der Waals surface area contributed by atoms with Gasteiger partial charge in [0.15, 0.2) is 0 Å². The molecule has 2 atom stereocenters. The van der Waals surface area contributed by atoms with E-state index in [1.54, 1.807) is 0 Å². The Morgan fingerprint density at radius 3 is 2.61 bits per heavy atom. The van der Waals surface area contributed by atoms with Crippen LogP contribution < -0.4 is 5.32 Å². The molecule has 0 aliphatic heterocycles. The zero-order valence-electron chi connectivity index (χ0n) is 11.5. The minimum absolute atomic E-state index is 0.357. The van der Waals surface area contributed by atoms with E-state index in [2.05, 4.69) is 59.4 Å². The van der Waals surface area contributed by atoms with Gasteiger partial charge in [-0.15, -0.1) is 0 Å². The Morgan fingerprint density at radius 2 is 2.06 bits per heavy atom. The molecule has 1 saturated carbocycles. The van der Waals surface area contributed by atoms with E-state index < -0.39 is 0 Å². The van der Waals surface area contributed by atoms with Crippen LogP contribution in [0.15, 0.2) is 28.7 Å². The van der Waals surface area contributed by atoms with Crippen molar-refractivity contribution < 1.29 is 0 Å². The van der Waals surface area contributed by atoms with Gasteiger partial charge < -0.3 is 5.32 Å². The number of nitrogens with one attached hydrogen (secondary N) is 1. The summed E-state index contributed by atoms with van der Waals surface area (Å²) in [4.78, 5) is 0. The zero-order valence-corrected chi connectivity index (χ0v) is 13.1. The van der Waals surface area contributed by atoms with E-state index in [-0.39, 0.29) is 0 Å². The van der Waals surface area contributed by atoms with E-state index in [4.69, 9.17) is 0 Å². The highest BCUT2D eigenvalue weighted by molar-refractivity contribution is 9.10. The fourth-order valence-electron chi connectivity index (χ4n) is 3.31. The van der Waals surface area contributed by atoms with Crippen molar-refractivity contribution in [1.82, 2.24) is 5.32 Å². The Bertz CT molecular complexity index is 373. The summed E-state index contributed by atoms with van der Waals surface area (Å²) in [6.07, 6.45) is 5.27.